The number of amides is 2. The van der Waals surface area contributed by atoms with E-state index in [0.717, 1.165) is 6.21 Å². The van der Waals surface area contributed by atoms with E-state index in [1.165, 1.54) is 0 Å². The molecule has 0 unspecified atom stereocenters. The van der Waals surface area contributed by atoms with E-state index in [4.69, 9.17) is 16.6 Å². The van der Waals surface area contributed by atoms with Gasteiger partial charge >= 0.3 is 6.03 Å². The molecular weight excluding hydrogens is 268 g/mol. The number of anilines is 2. The number of nitrogens with two attached hydrogens (primary N) is 1. The molecule has 2 amide bonds. The molecule has 0 aliphatic rings. The number of hydrogen-bond acceptors (Lipinski definition) is 5. The van der Waals surface area contributed by atoms with Crippen molar-refractivity contribution >= 4 is 29.5 Å². The molecule has 1 heterocycles. The van der Waals surface area contributed by atoms with Gasteiger partial charge < -0.3 is 16.5 Å². The van der Waals surface area contributed by atoms with Gasteiger partial charge in [-0.05, 0) is 30.3 Å². The zero-order valence-electron chi connectivity index (χ0n) is 11.1. The van der Waals surface area contributed by atoms with Crippen LogP contribution in [0.25, 0.3) is 0 Å². The minimum atomic E-state index is -0.564. The topological polar surface area (TPSA) is 128 Å². The number of nitrogens with one attached hydrogen (secondary N) is 4. The molecule has 6 N–H and O–H groups in total. The SMILES string of the molecule is N=Cc1cc(NC(=O)NC(=N)c2ccccn2)ccc1N. The zero-order valence-corrected chi connectivity index (χ0v) is 11.1. The van der Waals surface area contributed by atoms with Crippen LogP contribution in [0.4, 0.5) is 16.2 Å². The smallest absolute Gasteiger partial charge is 0.324 e. The van der Waals surface area contributed by atoms with Crippen LogP contribution in [0.1, 0.15) is 11.3 Å². The molecule has 0 bridgehead atoms. The summed E-state index contributed by atoms with van der Waals surface area (Å²) >= 11 is 0. The molecule has 7 nitrogen and oxygen atoms in total. The highest BCUT2D eigenvalue weighted by Gasteiger charge is 2.08. The second-order valence-electron chi connectivity index (χ2n) is 4.16. The van der Waals surface area contributed by atoms with Gasteiger partial charge in [0.15, 0.2) is 5.84 Å². The van der Waals surface area contributed by atoms with Crippen LogP contribution in [0.5, 0.6) is 0 Å². The van der Waals surface area contributed by atoms with Gasteiger partial charge in [-0.25, -0.2) is 4.79 Å². The normalized spacial score (nSPS) is 9.71. The second kappa shape index (κ2) is 6.29. The lowest BCUT2D eigenvalue weighted by Gasteiger charge is -2.09. The Morgan fingerprint density at radius 1 is 1.29 bits per heavy atom. The Labute approximate surface area is 121 Å². The number of urea groups is 1. The van der Waals surface area contributed by atoms with Gasteiger partial charge in [-0.3, -0.25) is 15.7 Å². The summed E-state index contributed by atoms with van der Waals surface area (Å²) in [6.45, 7) is 0. The molecule has 0 fully saturated rings. The van der Waals surface area contributed by atoms with Crippen LogP contribution in [0.2, 0.25) is 0 Å². The molecule has 0 radical (unpaired) electrons. The first-order valence-corrected chi connectivity index (χ1v) is 6.08. The van der Waals surface area contributed by atoms with Crippen LogP contribution in [0.15, 0.2) is 42.6 Å². The first-order chi connectivity index (χ1) is 10.1. The minimum absolute atomic E-state index is 0.101. The third kappa shape index (κ3) is 3.63. The number of nitrogens with zero attached hydrogens (tertiary/aromatic N) is 1. The molecule has 2 aromatic rings. The number of carbonyl (C=O) groups excluding carboxylic acids is 1. The molecule has 106 valence electrons. The van der Waals surface area contributed by atoms with Gasteiger partial charge in [0.1, 0.15) is 5.69 Å². The number of aromatic nitrogens is 1. The van der Waals surface area contributed by atoms with Crippen LogP contribution >= 0.6 is 0 Å². The lowest BCUT2D eigenvalue weighted by molar-refractivity contribution is 0.256. The lowest BCUT2D eigenvalue weighted by atomic mass is 10.2. The van der Waals surface area contributed by atoms with Crippen molar-refractivity contribution in [2.45, 2.75) is 0 Å². The maximum Gasteiger partial charge on any atom is 0.324 e. The average Bonchev–Trinajstić information content (AvgIpc) is 2.50. The van der Waals surface area contributed by atoms with Crippen LogP contribution in [-0.2, 0) is 0 Å². The molecule has 0 aliphatic heterocycles. The van der Waals surface area contributed by atoms with Crippen molar-refractivity contribution in [1.82, 2.24) is 10.3 Å². The Bertz CT molecular complexity index is 683. The van der Waals surface area contributed by atoms with Gasteiger partial charge in [0.2, 0.25) is 0 Å². The van der Waals surface area contributed by atoms with Crippen LogP contribution < -0.4 is 16.4 Å². The summed E-state index contributed by atoms with van der Waals surface area (Å²) in [5, 5.41) is 19.9. The number of carbonyl (C=O) groups is 1. The summed E-state index contributed by atoms with van der Waals surface area (Å²) in [6.07, 6.45) is 2.65. The van der Waals surface area contributed by atoms with Gasteiger partial charge in [0, 0.05) is 29.3 Å². The third-order valence-electron chi connectivity index (χ3n) is 2.66. The molecular formula is C14H14N6O. The quantitative estimate of drug-likeness (QED) is 0.334. The summed E-state index contributed by atoms with van der Waals surface area (Å²) in [5.41, 5.74) is 7.47. The van der Waals surface area contributed by atoms with Crippen molar-refractivity contribution in [1.29, 1.82) is 10.8 Å². The molecule has 21 heavy (non-hydrogen) atoms. The molecule has 0 spiro atoms. The highest BCUT2D eigenvalue weighted by atomic mass is 16.2. The summed E-state index contributed by atoms with van der Waals surface area (Å²) in [4.78, 5) is 15.8. The van der Waals surface area contributed by atoms with Crippen LogP contribution in [0.3, 0.4) is 0 Å². The maximum atomic E-state index is 11.8. The van der Waals surface area contributed by atoms with Crippen molar-refractivity contribution in [2.75, 3.05) is 11.1 Å². The predicted octanol–water partition coefficient (Wildman–Crippen LogP) is 1.81. The van der Waals surface area contributed by atoms with E-state index in [0.29, 0.717) is 22.6 Å². The molecule has 1 aromatic heterocycles. The van der Waals surface area contributed by atoms with Gasteiger partial charge in [0.05, 0.1) is 0 Å². The summed E-state index contributed by atoms with van der Waals surface area (Å²) in [7, 11) is 0. The predicted molar refractivity (Wildman–Crippen MR) is 82.0 cm³/mol. The Kier molecular flexibility index (Phi) is 4.25. The minimum Gasteiger partial charge on any atom is -0.398 e. The Morgan fingerprint density at radius 2 is 2.10 bits per heavy atom. The molecule has 0 aliphatic carbocycles. The maximum absolute atomic E-state index is 11.8. The third-order valence-corrected chi connectivity index (χ3v) is 2.66. The van der Waals surface area contributed by atoms with E-state index < -0.39 is 6.03 Å². The first kappa shape index (κ1) is 14.2. The first-order valence-electron chi connectivity index (χ1n) is 6.08. The zero-order chi connectivity index (χ0) is 15.2. The standard InChI is InChI=1S/C14H14N6O/c15-8-9-7-10(4-5-11(9)16)19-14(21)20-13(17)12-3-1-2-6-18-12/h1-8,15H,16H2,(H3,17,19,20,21). The fourth-order valence-electron chi connectivity index (χ4n) is 1.63. The van der Waals surface area contributed by atoms with E-state index in [1.807, 2.05) is 0 Å². The van der Waals surface area contributed by atoms with Crippen molar-refractivity contribution in [3.8, 4) is 0 Å². The molecule has 0 atom stereocenters. The van der Waals surface area contributed by atoms with E-state index in [2.05, 4.69) is 15.6 Å². The van der Waals surface area contributed by atoms with Crippen LogP contribution in [-0.4, -0.2) is 23.1 Å². The summed E-state index contributed by atoms with van der Waals surface area (Å²) in [6, 6.07) is 9.31. The number of nitrogen functional groups attached to an aromatic ring is 1. The van der Waals surface area contributed by atoms with E-state index in [9.17, 15) is 4.79 Å². The molecule has 2 rings (SSSR count). The average molecular weight is 282 g/mol. The van der Waals surface area contributed by atoms with Gasteiger partial charge in [-0.15, -0.1) is 0 Å². The largest absolute Gasteiger partial charge is 0.398 e. The highest BCUT2D eigenvalue weighted by Crippen LogP contribution is 2.15. The fraction of sp³-hybridized carbons (Fsp3) is 0. The number of pyridine rings is 1. The fourth-order valence-corrected chi connectivity index (χ4v) is 1.63. The highest BCUT2D eigenvalue weighted by molar-refractivity contribution is 6.08. The lowest BCUT2D eigenvalue weighted by Crippen LogP contribution is -2.34. The monoisotopic (exact) mass is 282 g/mol. The van der Waals surface area contributed by atoms with E-state index >= 15 is 0 Å². The Morgan fingerprint density at radius 3 is 2.76 bits per heavy atom. The summed E-state index contributed by atoms with van der Waals surface area (Å²) in [5.74, 6) is -0.101. The number of amidine groups is 1. The van der Waals surface area contributed by atoms with Gasteiger partial charge in [0.25, 0.3) is 0 Å². The second-order valence-corrected chi connectivity index (χ2v) is 4.16. The van der Waals surface area contributed by atoms with Crippen molar-refractivity contribution in [2.24, 2.45) is 0 Å². The number of rotatable bonds is 3. The van der Waals surface area contributed by atoms with E-state index in [-0.39, 0.29) is 5.84 Å². The Hall–Kier alpha value is -3.22. The van der Waals surface area contributed by atoms with Crippen molar-refractivity contribution < 1.29 is 4.79 Å². The van der Waals surface area contributed by atoms with Gasteiger partial charge in [-0.2, -0.15) is 0 Å². The molecule has 0 saturated carbocycles. The number of benzene rings is 1. The molecule has 1 aromatic carbocycles. The van der Waals surface area contributed by atoms with E-state index in [1.54, 1.807) is 42.6 Å². The van der Waals surface area contributed by atoms with Crippen LogP contribution in [0, 0.1) is 10.8 Å². The van der Waals surface area contributed by atoms with Crippen molar-refractivity contribution in [3.63, 3.8) is 0 Å². The molecule has 0 saturated heterocycles. The van der Waals surface area contributed by atoms with Crippen molar-refractivity contribution in [3.05, 3.63) is 53.9 Å². The molecule has 7 heteroatoms. The summed E-state index contributed by atoms with van der Waals surface area (Å²) < 4.78 is 0. The Balaban J connectivity index is 2.02. The number of hydrogen-bond donors (Lipinski definition) is 5. The van der Waals surface area contributed by atoms with Gasteiger partial charge in [-0.1, -0.05) is 6.07 Å².